The molecule has 0 aromatic heterocycles. The normalized spacial score (nSPS) is 29.4. The first kappa shape index (κ1) is 16.4. The number of benzene rings is 1. The summed E-state index contributed by atoms with van der Waals surface area (Å²) in [7, 11) is -3.68. The molecule has 1 aliphatic carbocycles. The summed E-state index contributed by atoms with van der Waals surface area (Å²) >= 11 is 0. The van der Waals surface area contributed by atoms with Crippen molar-refractivity contribution in [2.24, 2.45) is 11.3 Å². The summed E-state index contributed by atoms with van der Waals surface area (Å²) in [6, 6.07) is 5.20. The Balaban J connectivity index is 1.79. The van der Waals surface area contributed by atoms with Crippen molar-refractivity contribution < 1.29 is 13.3 Å². The average molecular weight is 339 g/mol. The maximum absolute atomic E-state index is 12.6. The summed E-state index contributed by atoms with van der Waals surface area (Å²) in [5, 5.41) is 14.1. The molecule has 1 aromatic carbocycles. The average Bonchev–Trinajstić information content (AvgIpc) is 2.53. The van der Waals surface area contributed by atoms with Gasteiger partial charge in [0.05, 0.1) is 9.82 Å². The second kappa shape index (κ2) is 5.54. The molecule has 2 fully saturated rings. The van der Waals surface area contributed by atoms with Gasteiger partial charge in [0, 0.05) is 24.2 Å². The minimum absolute atomic E-state index is 0.0612. The molecule has 23 heavy (non-hydrogen) atoms. The summed E-state index contributed by atoms with van der Waals surface area (Å²) in [5.74, 6) is 0.298. The smallest absolute Gasteiger partial charge is 0.269 e. The highest BCUT2D eigenvalue weighted by Gasteiger charge is 2.57. The predicted molar refractivity (Wildman–Crippen MR) is 85.5 cm³/mol. The van der Waals surface area contributed by atoms with Gasteiger partial charge in [0.15, 0.2) is 0 Å². The van der Waals surface area contributed by atoms with E-state index in [4.69, 9.17) is 0 Å². The molecule has 1 aliphatic heterocycles. The molecule has 3 atom stereocenters. The molecule has 8 heteroatoms. The largest absolute Gasteiger partial charge is 0.313 e. The molecular weight excluding hydrogens is 318 g/mol. The van der Waals surface area contributed by atoms with E-state index >= 15 is 0 Å². The third-order valence-corrected chi connectivity index (χ3v) is 6.63. The Morgan fingerprint density at radius 2 is 1.96 bits per heavy atom. The number of nitro groups is 1. The second-order valence-electron chi connectivity index (χ2n) is 6.91. The highest BCUT2D eigenvalue weighted by molar-refractivity contribution is 7.89. The summed E-state index contributed by atoms with van der Waals surface area (Å²) < 4.78 is 28.0. The standard InChI is InChI=1S/C15H21N3O4S/c1-15(2)13-12(4-3-9-16-13)14(15)17-23(21,22)11-7-5-10(6-8-11)18(19)20/h5-8,12-14,16-17H,3-4,9H2,1-2H3. The maximum atomic E-state index is 12.6. The molecular formula is C15H21N3O4S. The van der Waals surface area contributed by atoms with Gasteiger partial charge in [0.25, 0.3) is 5.69 Å². The Morgan fingerprint density at radius 3 is 2.57 bits per heavy atom. The third kappa shape index (κ3) is 2.75. The lowest BCUT2D eigenvalue weighted by Gasteiger charge is -2.60. The minimum Gasteiger partial charge on any atom is -0.313 e. The van der Waals surface area contributed by atoms with Gasteiger partial charge in [-0.1, -0.05) is 13.8 Å². The van der Waals surface area contributed by atoms with Crippen LogP contribution in [0.4, 0.5) is 5.69 Å². The molecule has 2 N–H and O–H groups in total. The number of non-ortho nitro benzene ring substituents is 1. The first-order valence-corrected chi connectivity index (χ1v) is 9.22. The molecule has 126 valence electrons. The maximum Gasteiger partial charge on any atom is 0.269 e. The van der Waals surface area contributed by atoms with Gasteiger partial charge in [-0.3, -0.25) is 10.1 Å². The van der Waals surface area contributed by atoms with Crippen molar-refractivity contribution in [3.63, 3.8) is 0 Å². The Bertz CT molecular complexity index is 715. The SMILES string of the molecule is CC1(C)C2NCCCC2C1NS(=O)(=O)c1ccc([N+](=O)[O-])cc1. The van der Waals surface area contributed by atoms with Gasteiger partial charge in [0.1, 0.15) is 0 Å². The number of hydrogen-bond acceptors (Lipinski definition) is 5. The van der Waals surface area contributed by atoms with Gasteiger partial charge >= 0.3 is 0 Å². The molecule has 1 heterocycles. The van der Waals surface area contributed by atoms with Crippen LogP contribution in [0.15, 0.2) is 29.2 Å². The van der Waals surface area contributed by atoms with E-state index in [2.05, 4.69) is 23.9 Å². The summed E-state index contributed by atoms with van der Waals surface area (Å²) in [6.07, 6.45) is 2.06. The first-order valence-electron chi connectivity index (χ1n) is 7.73. The van der Waals surface area contributed by atoms with Crippen molar-refractivity contribution in [3.05, 3.63) is 34.4 Å². The number of nitrogens with one attached hydrogen (secondary N) is 2. The van der Waals surface area contributed by atoms with Crippen LogP contribution < -0.4 is 10.0 Å². The molecule has 3 rings (SSSR count). The highest BCUT2D eigenvalue weighted by atomic mass is 32.2. The molecule has 0 bridgehead atoms. The van der Waals surface area contributed by atoms with Crippen molar-refractivity contribution in [2.75, 3.05) is 6.54 Å². The molecule has 3 unspecified atom stereocenters. The Hall–Kier alpha value is -1.51. The fourth-order valence-corrected chi connectivity index (χ4v) is 5.38. The zero-order valence-corrected chi connectivity index (χ0v) is 14.0. The number of fused-ring (bicyclic) bond motifs is 1. The van der Waals surface area contributed by atoms with E-state index in [0.717, 1.165) is 19.4 Å². The van der Waals surface area contributed by atoms with E-state index < -0.39 is 14.9 Å². The van der Waals surface area contributed by atoms with Crippen molar-refractivity contribution in [1.82, 2.24) is 10.0 Å². The molecule has 1 aromatic rings. The van der Waals surface area contributed by atoms with Crippen LogP contribution in [0.25, 0.3) is 0 Å². The fraction of sp³-hybridized carbons (Fsp3) is 0.600. The van der Waals surface area contributed by atoms with E-state index in [1.165, 1.54) is 24.3 Å². The monoisotopic (exact) mass is 339 g/mol. The Morgan fingerprint density at radius 1 is 1.30 bits per heavy atom. The highest BCUT2D eigenvalue weighted by Crippen LogP contribution is 2.49. The zero-order chi connectivity index (χ0) is 16.8. The van der Waals surface area contributed by atoms with E-state index in [0.29, 0.717) is 12.0 Å². The predicted octanol–water partition coefficient (Wildman–Crippen LogP) is 1.65. The molecule has 2 aliphatic rings. The van der Waals surface area contributed by atoms with Crippen molar-refractivity contribution in [2.45, 2.75) is 43.7 Å². The van der Waals surface area contributed by atoms with Gasteiger partial charge in [-0.2, -0.15) is 0 Å². The number of nitrogens with zero attached hydrogens (tertiary/aromatic N) is 1. The van der Waals surface area contributed by atoms with E-state index in [9.17, 15) is 18.5 Å². The van der Waals surface area contributed by atoms with Crippen molar-refractivity contribution in [1.29, 1.82) is 0 Å². The van der Waals surface area contributed by atoms with Gasteiger partial charge in [-0.15, -0.1) is 0 Å². The number of sulfonamides is 1. The summed E-state index contributed by atoms with van der Waals surface area (Å²) in [5.41, 5.74) is -0.275. The lowest BCUT2D eigenvalue weighted by Crippen LogP contribution is -2.73. The Kier molecular flexibility index (Phi) is 3.94. The van der Waals surface area contributed by atoms with Crippen LogP contribution in [0.5, 0.6) is 0 Å². The fourth-order valence-electron chi connectivity index (χ4n) is 3.94. The zero-order valence-electron chi connectivity index (χ0n) is 13.2. The van der Waals surface area contributed by atoms with E-state index in [-0.39, 0.29) is 22.0 Å². The van der Waals surface area contributed by atoms with Crippen LogP contribution in [-0.4, -0.2) is 32.0 Å². The second-order valence-corrected chi connectivity index (χ2v) is 8.62. The quantitative estimate of drug-likeness (QED) is 0.641. The number of rotatable bonds is 4. The number of nitro benzene ring substituents is 1. The van der Waals surface area contributed by atoms with E-state index in [1.807, 2.05) is 0 Å². The summed E-state index contributed by atoms with van der Waals surface area (Å²) in [6.45, 7) is 5.11. The van der Waals surface area contributed by atoms with Gasteiger partial charge in [0.2, 0.25) is 10.0 Å². The van der Waals surface area contributed by atoms with Crippen LogP contribution in [0, 0.1) is 21.4 Å². The third-order valence-electron chi connectivity index (χ3n) is 5.18. The lowest BCUT2D eigenvalue weighted by molar-refractivity contribution is -0.384. The van der Waals surface area contributed by atoms with Crippen LogP contribution in [-0.2, 0) is 10.0 Å². The minimum atomic E-state index is -3.68. The lowest BCUT2D eigenvalue weighted by atomic mass is 9.54. The Labute approximate surface area is 135 Å². The molecule has 0 spiro atoms. The van der Waals surface area contributed by atoms with Crippen molar-refractivity contribution >= 4 is 15.7 Å². The topological polar surface area (TPSA) is 101 Å². The first-order chi connectivity index (χ1) is 10.7. The van der Waals surface area contributed by atoms with Crippen LogP contribution >= 0.6 is 0 Å². The van der Waals surface area contributed by atoms with Crippen LogP contribution in [0.3, 0.4) is 0 Å². The molecule has 0 amide bonds. The van der Waals surface area contributed by atoms with Gasteiger partial charge in [-0.25, -0.2) is 13.1 Å². The van der Waals surface area contributed by atoms with Crippen molar-refractivity contribution in [3.8, 4) is 0 Å². The molecule has 7 nitrogen and oxygen atoms in total. The van der Waals surface area contributed by atoms with Crippen LogP contribution in [0.2, 0.25) is 0 Å². The number of piperidine rings is 1. The molecule has 1 saturated heterocycles. The van der Waals surface area contributed by atoms with E-state index in [1.54, 1.807) is 0 Å². The molecule has 1 saturated carbocycles. The molecule has 0 radical (unpaired) electrons. The number of hydrogen-bond donors (Lipinski definition) is 2. The van der Waals surface area contributed by atoms with Crippen LogP contribution in [0.1, 0.15) is 26.7 Å². The van der Waals surface area contributed by atoms with Gasteiger partial charge < -0.3 is 5.32 Å². The van der Waals surface area contributed by atoms with Gasteiger partial charge in [-0.05, 0) is 42.9 Å². The summed E-state index contributed by atoms with van der Waals surface area (Å²) in [4.78, 5) is 10.2.